The highest BCUT2D eigenvalue weighted by Crippen LogP contribution is 2.32. The van der Waals surface area contributed by atoms with Crippen molar-refractivity contribution >= 4 is 11.5 Å². The van der Waals surface area contributed by atoms with Gasteiger partial charge in [0, 0.05) is 5.57 Å². The molecule has 1 aliphatic heterocycles. The molecule has 0 saturated heterocycles. The molecule has 1 atom stereocenters. The number of alkyl halides is 3. The number of amides is 1. The van der Waals surface area contributed by atoms with Crippen LogP contribution in [0.15, 0.2) is 30.0 Å². The van der Waals surface area contributed by atoms with E-state index in [4.69, 9.17) is 0 Å². The lowest BCUT2D eigenvalue weighted by Gasteiger charge is -2.13. The Morgan fingerprint density at radius 1 is 1.26 bits per heavy atom. The fourth-order valence-corrected chi connectivity index (χ4v) is 2.07. The molecule has 0 aliphatic carbocycles. The summed E-state index contributed by atoms with van der Waals surface area (Å²) in [6.07, 6.45) is -3.85. The fraction of sp³-hybridized carbons (Fsp3) is 0.308. The van der Waals surface area contributed by atoms with Crippen LogP contribution in [0.2, 0.25) is 0 Å². The van der Waals surface area contributed by atoms with Crippen LogP contribution in [-0.2, 0) is 11.0 Å². The Morgan fingerprint density at radius 2 is 1.84 bits per heavy atom. The molecule has 3 nitrogen and oxygen atoms in total. The molecular formula is C13H12F3NO2. The highest BCUT2D eigenvalue weighted by molar-refractivity contribution is 6.05. The SMILES string of the molecule is CCC1NC(=O)C(O)=C1c1ccc(C(F)(F)F)cc1. The number of aliphatic hydroxyl groups excluding tert-OH is 1. The quantitative estimate of drug-likeness (QED) is 0.869. The van der Waals surface area contributed by atoms with E-state index >= 15 is 0 Å². The topological polar surface area (TPSA) is 49.3 Å². The molecule has 6 heteroatoms. The average molecular weight is 271 g/mol. The van der Waals surface area contributed by atoms with E-state index in [-0.39, 0.29) is 6.04 Å². The Bertz CT molecular complexity index is 532. The predicted molar refractivity (Wildman–Crippen MR) is 63.2 cm³/mol. The van der Waals surface area contributed by atoms with E-state index < -0.39 is 23.4 Å². The van der Waals surface area contributed by atoms with Crippen LogP contribution in [0.1, 0.15) is 24.5 Å². The van der Waals surface area contributed by atoms with Crippen molar-refractivity contribution < 1.29 is 23.1 Å². The maximum atomic E-state index is 12.5. The predicted octanol–water partition coefficient (Wildman–Crippen LogP) is 2.88. The summed E-state index contributed by atoms with van der Waals surface area (Å²) in [4.78, 5) is 11.4. The zero-order valence-corrected chi connectivity index (χ0v) is 10.1. The lowest BCUT2D eigenvalue weighted by Crippen LogP contribution is -2.27. The summed E-state index contributed by atoms with van der Waals surface area (Å²) >= 11 is 0. The van der Waals surface area contributed by atoms with Crippen molar-refractivity contribution in [3.63, 3.8) is 0 Å². The van der Waals surface area contributed by atoms with Crippen LogP contribution >= 0.6 is 0 Å². The second-order valence-electron chi connectivity index (χ2n) is 4.27. The van der Waals surface area contributed by atoms with Gasteiger partial charge in [-0.15, -0.1) is 0 Å². The number of aliphatic hydroxyl groups is 1. The zero-order chi connectivity index (χ0) is 14.2. The molecule has 0 aromatic heterocycles. The Hall–Kier alpha value is -1.98. The summed E-state index contributed by atoms with van der Waals surface area (Å²) in [6.45, 7) is 1.81. The second kappa shape index (κ2) is 4.60. The molecule has 1 unspecified atom stereocenters. The Labute approximate surface area is 107 Å². The van der Waals surface area contributed by atoms with Gasteiger partial charge in [-0.25, -0.2) is 0 Å². The zero-order valence-electron chi connectivity index (χ0n) is 10.1. The molecule has 19 heavy (non-hydrogen) atoms. The largest absolute Gasteiger partial charge is 0.503 e. The van der Waals surface area contributed by atoms with Gasteiger partial charge >= 0.3 is 6.18 Å². The Morgan fingerprint density at radius 3 is 2.32 bits per heavy atom. The molecule has 0 fully saturated rings. The van der Waals surface area contributed by atoms with Crippen LogP contribution in [-0.4, -0.2) is 17.1 Å². The summed E-state index contributed by atoms with van der Waals surface area (Å²) in [6, 6.07) is 4.02. The highest BCUT2D eigenvalue weighted by Gasteiger charge is 2.33. The lowest BCUT2D eigenvalue weighted by molar-refractivity contribution is -0.137. The molecule has 0 spiro atoms. The molecule has 2 N–H and O–H groups in total. The van der Waals surface area contributed by atoms with E-state index in [9.17, 15) is 23.1 Å². The van der Waals surface area contributed by atoms with Gasteiger partial charge in [0.25, 0.3) is 5.91 Å². The van der Waals surface area contributed by atoms with Crippen molar-refractivity contribution in [3.8, 4) is 0 Å². The van der Waals surface area contributed by atoms with E-state index in [1.165, 1.54) is 12.1 Å². The molecule has 0 radical (unpaired) electrons. The van der Waals surface area contributed by atoms with Gasteiger partial charge in [-0.3, -0.25) is 4.79 Å². The first-order chi connectivity index (χ1) is 8.84. The number of nitrogens with one attached hydrogen (secondary N) is 1. The number of rotatable bonds is 2. The lowest BCUT2D eigenvalue weighted by atomic mass is 9.97. The van der Waals surface area contributed by atoms with E-state index in [0.717, 1.165) is 12.1 Å². The van der Waals surface area contributed by atoms with Gasteiger partial charge in [0.05, 0.1) is 11.6 Å². The minimum atomic E-state index is -4.40. The maximum Gasteiger partial charge on any atom is 0.416 e. The third kappa shape index (κ3) is 2.43. The van der Waals surface area contributed by atoms with Crippen molar-refractivity contribution in [2.24, 2.45) is 0 Å². The van der Waals surface area contributed by atoms with Gasteiger partial charge in [-0.2, -0.15) is 13.2 Å². The molecule has 1 aromatic rings. The number of benzene rings is 1. The molecule has 1 amide bonds. The van der Waals surface area contributed by atoms with Gasteiger partial charge < -0.3 is 10.4 Å². The van der Waals surface area contributed by atoms with Crippen LogP contribution in [0.5, 0.6) is 0 Å². The molecule has 0 bridgehead atoms. The van der Waals surface area contributed by atoms with Crippen molar-refractivity contribution in [3.05, 3.63) is 41.2 Å². The smallest absolute Gasteiger partial charge is 0.416 e. The van der Waals surface area contributed by atoms with E-state index in [1.54, 1.807) is 0 Å². The first kappa shape index (κ1) is 13.5. The van der Waals surface area contributed by atoms with Crippen LogP contribution in [0.4, 0.5) is 13.2 Å². The van der Waals surface area contributed by atoms with Crippen LogP contribution in [0.25, 0.3) is 5.57 Å². The summed E-state index contributed by atoms with van der Waals surface area (Å²) in [5.74, 6) is -1.02. The van der Waals surface area contributed by atoms with Crippen molar-refractivity contribution in [2.45, 2.75) is 25.6 Å². The van der Waals surface area contributed by atoms with Crippen LogP contribution < -0.4 is 5.32 Å². The van der Waals surface area contributed by atoms with Crippen molar-refractivity contribution in [2.75, 3.05) is 0 Å². The van der Waals surface area contributed by atoms with Gasteiger partial charge in [0.2, 0.25) is 0 Å². The van der Waals surface area contributed by atoms with Crippen LogP contribution in [0, 0.1) is 0 Å². The first-order valence-corrected chi connectivity index (χ1v) is 5.76. The van der Waals surface area contributed by atoms with E-state index in [1.807, 2.05) is 6.92 Å². The summed E-state index contributed by atoms with van der Waals surface area (Å²) in [5.41, 5.74) is -0.00130. The fourth-order valence-electron chi connectivity index (χ4n) is 2.07. The average Bonchev–Trinajstić information content (AvgIpc) is 2.64. The van der Waals surface area contributed by atoms with Gasteiger partial charge in [0.15, 0.2) is 5.76 Å². The highest BCUT2D eigenvalue weighted by atomic mass is 19.4. The summed E-state index contributed by atoms with van der Waals surface area (Å²) in [7, 11) is 0. The monoisotopic (exact) mass is 271 g/mol. The van der Waals surface area contributed by atoms with Gasteiger partial charge in [-0.05, 0) is 24.1 Å². The summed E-state index contributed by atoms with van der Waals surface area (Å²) in [5, 5.41) is 12.2. The Kier molecular flexibility index (Phi) is 3.26. The van der Waals surface area contributed by atoms with Gasteiger partial charge in [-0.1, -0.05) is 19.1 Å². The molecule has 2 rings (SSSR count). The van der Waals surface area contributed by atoms with Crippen LogP contribution in [0.3, 0.4) is 0 Å². The number of halogens is 3. The van der Waals surface area contributed by atoms with Crippen molar-refractivity contribution in [1.82, 2.24) is 5.32 Å². The normalized spacial score (nSPS) is 19.8. The molecular weight excluding hydrogens is 259 g/mol. The molecule has 0 saturated carbocycles. The number of hydrogen-bond acceptors (Lipinski definition) is 2. The van der Waals surface area contributed by atoms with E-state index in [0.29, 0.717) is 17.6 Å². The minimum Gasteiger partial charge on any atom is -0.503 e. The molecule has 1 aliphatic rings. The standard InChI is InChI=1S/C13H12F3NO2/c1-2-9-10(11(18)12(19)17-9)7-3-5-8(6-4-7)13(14,15)16/h3-6,9,18H,2H2,1H3,(H,17,19). The molecule has 1 heterocycles. The summed E-state index contributed by atoms with van der Waals surface area (Å²) < 4.78 is 37.4. The minimum absolute atomic E-state index is 0.348. The van der Waals surface area contributed by atoms with Crippen molar-refractivity contribution in [1.29, 1.82) is 0 Å². The third-order valence-corrected chi connectivity index (χ3v) is 3.06. The molecule has 1 aromatic carbocycles. The number of carbonyl (C=O) groups is 1. The maximum absolute atomic E-state index is 12.5. The number of carbonyl (C=O) groups excluding carboxylic acids is 1. The first-order valence-electron chi connectivity index (χ1n) is 5.76. The Balaban J connectivity index is 2.40. The van der Waals surface area contributed by atoms with Gasteiger partial charge in [0.1, 0.15) is 0 Å². The second-order valence-corrected chi connectivity index (χ2v) is 4.27. The number of hydrogen-bond donors (Lipinski definition) is 2. The third-order valence-electron chi connectivity index (χ3n) is 3.06. The van der Waals surface area contributed by atoms with E-state index in [2.05, 4.69) is 5.32 Å². The molecule has 102 valence electrons.